The van der Waals surface area contributed by atoms with Crippen LogP contribution < -0.4 is 16.0 Å². The number of rotatable bonds is 6. The Morgan fingerprint density at radius 2 is 1.75 bits per heavy atom. The molecule has 2 saturated heterocycles. The summed E-state index contributed by atoms with van der Waals surface area (Å²) in [6.45, 7) is 4.26. The number of carbonyl (C=O) groups excluding carboxylic acids is 2. The number of amides is 3. The van der Waals surface area contributed by atoms with E-state index in [2.05, 4.69) is 25.8 Å². The van der Waals surface area contributed by atoms with E-state index in [1.54, 1.807) is 7.05 Å². The molecule has 3 fully saturated rings. The van der Waals surface area contributed by atoms with Crippen LogP contribution >= 0.6 is 24.0 Å². The average Bonchev–Trinajstić information content (AvgIpc) is 3.04. The number of likely N-dealkylation sites (tertiary alicyclic amines) is 1. The van der Waals surface area contributed by atoms with Crippen molar-refractivity contribution in [3.63, 3.8) is 0 Å². The van der Waals surface area contributed by atoms with Gasteiger partial charge < -0.3 is 16.0 Å². The smallest absolute Gasteiger partial charge is 0.324 e. The van der Waals surface area contributed by atoms with Crippen molar-refractivity contribution < 1.29 is 9.59 Å². The molecular formula is C19H35IN6O2. The highest BCUT2D eigenvalue weighted by Gasteiger charge is 2.38. The topological polar surface area (TPSA) is 89.1 Å². The highest BCUT2D eigenvalue weighted by molar-refractivity contribution is 14.0. The van der Waals surface area contributed by atoms with Crippen molar-refractivity contribution in [3.05, 3.63) is 0 Å². The lowest BCUT2D eigenvalue weighted by molar-refractivity contribution is -0.124. The van der Waals surface area contributed by atoms with E-state index in [0.29, 0.717) is 13.1 Å². The predicted octanol–water partition coefficient (Wildman–Crippen LogP) is 1.51. The second-order valence-corrected chi connectivity index (χ2v) is 7.89. The van der Waals surface area contributed by atoms with E-state index in [0.717, 1.165) is 12.5 Å². The van der Waals surface area contributed by atoms with E-state index in [9.17, 15) is 9.59 Å². The molecule has 160 valence electrons. The zero-order chi connectivity index (χ0) is 19.1. The number of guanidine groups is 1. The first-order valence-electron chi connectivity index (χ1n) is 10.4. The number of nitrogens with zero attached hydrogens (tertiary/aromatic N) is 3. The molecule has 0 radical (unpaired) electrons. The van der Waals surface area contributed by atoms with Crippen LogP contribution in [-0.2, 0) is 4.79 Å². The Hall–Kier alpha value is -1.10. The first-order chi connectivity index (χ1) is 13.1. The maximum absolute atomic E-state index is 11.6. The summed E-state index contributed by atoms with van der Waals surface area (Å²) in [5, 5.41) is 9.30. The minimum absolute atomic E-state index is 0. The number of carbonyl (C=O) groups is 2. The lowest BCUT2D eigenvalue weighted by Gasteiger charge is -2.48. The van der Waals surface area contributed by atoms with Crippen LogP contribution in [-0.4, -0.2) is 79.6 Å². The standard InChI is InChI=1S/C19H34N6O2.HI/c1-20-17(21-10-13-25-16(26)14-22-18(25)27)23-15-19(8-4-2-5-9-19)24-11-6-3-7-12-24;/h2-15H2,1H3,(H,22,27)(H2,20,21,23);1H. The minimum atomic E-state index is -0.309. The van der Waals surface area contributed by atoms with E-state index in [4.69, 9.17) is 0 Å². The molecule has 0 bridgehead atoms. The number of halogens is 1. The Bertz CT molecular complexity index is 543. The third-order valence-corrected chi connectivity index (χ3v) is 6.18. The molecular weight excluding hydrogens is 471 g/mol. The molecule has 3 N–H and O–H groups in total. The average molecular weight is 506 g/mol. The number of imide groups is 1. The van der Waals surface area contributed by atoms with Crippen LogP contribution in [0.1, 0.15) is 51.4 Å². The van der Waals surface area contributed by atoms with Crippen LogP contribution in [0.5, 0.6) is 0 Å². The number of hydrogen-bond acceptors (Lipinski definition) is 4. The van der Waals surface area contributed by atoms with Crippen molar-refractivity contribution in [2.75, 3.05) is 46.3 Å². The first kappa shape index (κ1) is 23.2. The number of hydrogen-bond donors (Lipinski definition) is 3. The maximum Gasteiger partial charge on any atom is 0.324 e. The van der Waals surface area contributed by atoms with Crippen LogP contribution in [0.3, 0.4) is 0 Å². The highest BCUT2D eigenvalue weighted by atomic mass is 127. The van der Waals surface area contributed by atoms with Gasteiger partial charge in [-0.05, 0) is 38.8 Å². The van der Waals surface area contributed by atoms with Crippen molar-refractivity contribution in [2.45, 2.75) is 56.9 Å². The van der Waals surface area contributed by atoms with Crippen LogP contribution in [0.4, 0.5) is 4.79 Å². The molecule has 9 heteroatoms. The molecule has 0 aromatic carbocycles. The predicted molar refractivity (Wildman–Crippen MR) is 121 cm³/mol. The zero-order valence-electron chi connectivity index (χ0n) is 17.0. The molecule has 0 aromatic rings. The Morgan fingerprint density at radius 3 is 2.36 bits per heavy atom. The summed E-state index contributed by atoms with van der Waals surface area (Å²) < 4.78 is 0. The number of nitrogens with one attached hydrogen (secondary N) is 3. The van der Waals surface area contributed by atoms with Gasteiger partial charge in [-0.2, -0.15) is 0 Å². The van der Waals surface area contributed by atoms with Gasteiger partial charge in [-0.1, -0.05) is 25.7 Å². The van der Waals surface area contributed by atoms with Gasteiger partial charge in [0, 0.05) is 32.2 Å². The van der Waals surface area contributed by atoms with Gasteiger partial charge in [-0.25, -0.2) is 4.79 Å². The van der Waals surface area contributed by atoms with Gasteiger partial charge in [0.15, 0.2) is 5.96 Å². The van der Waals surface area contributed by atoms with Gasteiger partial charge >= 0.3 is 6.03 Å². The Kier molecular flexibility index (Phi) is 9.26. The number of aliphatic imine (C=N–C) groups is 1. The Morgan fingerprint density at radius 1 is 1.07 bits per heavy atom. The van der Waals surface area contributed by atoms with Gasteiger partial charge in [0.25, 0.3) is 0 Å². The molecule has 0 unspecified atom stereocenters. The van der Waals surface area contributed by atoms with Crippen LogP contribution in [0.15, 0.2) is 4.99 Å². The van der Waals surface area contributed by atoms with Crippen molar-refractivity contribution in [1.82, 2.24) is 25.8 Å². The molecule has 1 saturated carbocycles. The fourth-order valence-electron chi connectivity index (χ4n) is 4.62. The van der Waals surface area contributed by atoms with Gasteiger partial charge in [0.2, 0.25) is 5.91 Å². The summed E-state index contributed by atoms with van der Waals surface area (Å²) in [6.07, 6.45) is 10.4. The number of piperidine rings is 1. The molecule has 3 rings (SSSR count). The van der Waals surface area contributed by atoms with Gasteiger partial charge in [0.1, 0.15) is 0 Å². The molecule has 3 amide bonds. The quantitative estimate of drug-likeness (QED) is 0.220. The summed E-state index contributed by atoms with van der Waals surface area (Å²) in [5.74, 6) is 0.569. The maximum atomic E-state index is 11.6. The van der Waals surface area contributed by atoms with Gasteiger partial charge in [-0.15, -0.1) is 24.0 Å². The van der Waals surface area contributed by atoms with Crippen molar-refractivity contribution in [1.29, 1.82) is 0 Å². The van der Waals surface area contributed by atoms with Crippen LogP contribution in [0.2, 0.25) is 0 Å². The molecule has 8 nitrogen and oxygen atoms in total. The van der Waals surface area contributed by atoms with E-state index >= 15 is 0 Å². The summed E-state index contributed by atoms with van der Waals surface area (Å²) in [4.78, 5) is 31.5. The zero-order valence-corrected chi connectivity index (χ0v) is 19.3. The lowest BCUT2D eigenvalue weighted by Crippen LogP contribution is -2.59. The second kappa shape index (κ2) is 11.2. The molecule has 0 spiro atoms. The lowest BCUT2D eigenvalue weighted by atomic mass is 9.79. The first-order valence-corrected chi connectivity index (χ1v) is 10.4. The second-order valence-electron chi connectivity index (χ2n) is 7.89. The van der Waals surface area contributed by atoms with E-state index in [-0.39, 0.29) is 48.0 Å². The third kappa shape index (κ3) is 5.71. The van der Waals surface area contributed by atoms with Crippen molar-refractivity contribution >= 4 is 41.9 Å². The summed E-state index contributed by atoms with van der Waals surface area (Å²) in [7, 11) is 1.76. The van der Waals surface area contributed by atoms with Gasteiger partial charge in [-0.3, -0.25) is 19.6 Å². The largest absolute Gasteiger partial charge is 0.355 e. The normalized spacial score (nSPS) is 23.2. The van der Waals surface area contributed by atoms with Crippen LogP contribution in [0.25, 0.3) is 0 Å². The van der Waals surface area contributed by atoms with Gasteiger partial charge in [0.05, 0.1) is 6.54 Å². The summed E-state index contributed by atoms with van der Waals surface area (Å²) in [5.41, 5.74) is 0.237. The molecule has 0 aromatic heterocycles. The molecule has 1 aliphatic carbocycles. The molecule has 3 aliphatic rings. The minimum Gasteiger partial charge on any atom is -0.355 e. The fraction of sp³-hybridized carbons (Fsp3) is 0.842. The summed E-state index contributed by atoms with van der Waals surface area (Å²) in [6, 6.07) is -0.309. The third-order valence-electron chi connectivity index (χ3n) is 6.18. The van der Waals surface area contributed by atoms with E-state index in [1.807, 2.05) is 0 Å². The molecule has 28 heavy (non-hydrogen) atoms. The van der Waals surface area contributed by atoms with E-state index < -0.39 is 0 Å². The van der Waals surface area contributed by atoms with Crippen molar-refractivity contribution in [3.8, 4) is 0 Å². The van der Waals surface area contributed by atoms with Crippen molar-refractivity contribution in [2.24, 2.45) is 4.99 Å². The molecule has 2 aliphatic heterocycles. The highest BCUT2D eigenvalue weighted by Crippen LogP contribution is 2.35. The molecule has 2 heterocycles. The fourth-order valence-corrected chi connectivity index (χ4v) is 4.62. The number of urea groups is 1. The van der Waals surface area contributed by atoms with Crippen LogP contribution in [0, 0.1) is 0 Å². The Balaban J connectivity index is 0.00000280. The Labute approximate surface area is 185 Å². The van der Waals surface area contributed by atoms with E-state index in [1.165, 1.54) is 69.4 Å². The molecule has 0 atom stereocenters. The monoisotopic (exact) mass is 506 g/mol. The summed E-state index contributed by atoms with van der Waals surface area (Å²) >= 11 is 0. The SMILES string of the molecule is CN=C(NCCN1C(=O)CNC1=O)NCC1(N2CCCCC2)CCCCC1.I.